The molecule has 0 saturated heterocycles. The van der Waals surface area contributed by atoms with E-state index in [1.165, 1.54) is 0 Å². The molecule has 0 atom stereocenters. The van der Waals surface area contributed by atoms with Crippen LogP contribution in [0.25, 0.3) is 0 Å². The van der Waals surface area contributed by atoms with Crippen molar-refractivity contribution in [2.24, 2.45) is 0 Å². The Morgan fingerprint density at radius 3 is 2.67 bits per heavy atom. The van der Waals surface area contributed by atoms with E-state index in [1.807, 2.05) is 0 Å². The van der Waals surface area contributed by atoms with Gasteiger partial charge in [0.25, 0.3) is 5.82 Å². The van der Waals surface area contributed by atoms with E-state index in [2.05, 4.69) is 15.4 Å². The zero-order valence-electron chi connectivity index (χ0n) is 4.22. The van der Waals surface area contributed by atoms with Gasteiger partial charge in [0, 0.05) is 0 Å². The Bertz CT molecular complexity index is 229. The minimum Gasteiger partial charge on any atom is -0.475 e. The van der Waals surface area contributed by atoms with Gasteiger partial charge in [-0.05, 0) is 5.21 Å². The molecule has 0 radical (unpaired) electrons. The fourth-order valence-corrected chi connectivity index (χ4v) is 0.311. The lowest BCUT2D eigenvalue weighted by atomic mass is 10.7. The summed E-state index contributed by atoms with van der Waals surface area (Å²) >= 11 is 0. The van der Waals surface area contributed by atoms with Crippen molar-refractivity contribution in [1.82, 2.24) is 20.3 Å². The number of nitrogens with two attached hydrogens (primary N) is 1. The Balaban J connectivity index is 2.98. The van der Waals surface area contributed by atoms with Crippen LogP contribution in [0.1, 0.15) is 10.6 Å². The summed E-state index contributed by atoms with van der Waals surface area (Å²) in [5.41, 5.74) is 0. The first kappa shape index (κ1) is 5.48. The molecule has 0 aliphatic rings. The van der Waals surface area contributed by atoms with Crippen LogP contribution in [0, 0.1) is 0 Å². The van der Waals surface area contributed by atoms with Crippen LogP contribution in [-0.2, 0) is 0 Å². The SMILES string of the molecule is Nn1nnc(C(=O)O)n1. The van der Waals surface area contributed by atoms with Gasteiger partial charge in [-0.1, -0.05) is 10.0 Å². The first-order valence-corrected chi connectivity index (χ1v) is 1.98. The summed E-state index contributed by atoms with van der Waals surface area (Å²) in [6.45, 7) is 0. The third-order valence-corrected chi connectivity index (χ3v) is 0.620. The van der Waals surface area contributed by atoms with Gasteiger partial charge in [-0.15, -0.1) is 5.10 Å². The maximum Gasteiger partial charge on any atom is 0.377 e. The van der Waals surface area contributed by atoms with Gasteiger partial charge < -0.3 is 10.9 Å². The average molecular weight is 129 g/mol. The first-order valence-electron chi connectivity index (χ1n) is 1.98. The average Bonchev–Trinajstić information content (AvgIpc) is 2.14. The molecule has 0 bridgehead atoms. The van der Waals surface area contributed by atoms with Crippen LogP contribution < -0.4 is 5.84 Å². The highest BCUT2D eigenvalue weighted by molar-refractivity contribution is 5.82. The summed E-state index contributed by atoms with van der Waals surface area (Å²) in [4.78, 5) is 10.6. The number of aromatic carboxylic acids is 1. The summed E-state index contributed by atoms with van der Waals surface area (Å²) < 4.78 is 0. The molecule has 9 heavy (non-hydrogen) atoms. The summed E-state index contributed by atoms with van der Waals surface area (Å²) in [6.07, 6.45) is 0. The van der Waals surface area contributed by atoms with E-state index >= 15 is 0 Å². The number of hydrogen-bond acceptors (Lipinski definition) is 5. The van der Waals surface area contributed by atoms with E-state index in [1.54, 1.807) is 0 Å². The van der Waals surface area contributed by atoms with Gasteiger partial charge >= 0.3 is 5.97 Å². The summed E-state index contributed by atoms with van der Waals surface area (Å²) in [7, 11) is 0. The van der Waals surface area contributed by atoms with Gasteiger partial charge in [0.15, 0.2) is 0 Å². The van der Waals surface area contributed by atoms with Crippen molar-refractivity contribution in [3.63, 3.8) is 0 Å². The van der Waals surface area contributed by atoms with Gasteiger partial charge in [-0.2, -0.15) is 0 Å². The number of carbonyl (C=O) groups is 1. The van der Waals surface area contributed by atoms with Crippen molar-refractivity contribution >= 4 is 5.97 Å². The lowest BCUT2D eigenvalue weighted by molar-refractivity contribution is 0.0683. The van der Waals surface area contributed by atoms with Crippen molar-refractivity contribution in [3.05, 3.63) is 5.82 Å². The Morgan fingerprint density at radius 1 is 1.78 bits per heavy atom. The second kappa shape index (κ2) is 1.69. The molecule has 0 saturated carbocycles. The molecule has 0 spiro atoms. The number of carboxylic acids is 1. The van der Waals surface area contributed by atoms with Crippen molar-refractivity contribution in [3.8, 4) is 0 Å². The standard InChI is InChI=1S/C2H3N5O2/c3-7-5-1(2(8)9)4-6-7/h3H2,(H,8,9). The Kier molecular flexibility index (Phi) is 1.03. The molecule has 0 aliphatic carbocycles. The molecule has 0 fully saturated rings. The molecule has 0 unspecified atom stereocenters. The smallest absolute Gasteiger partial charge is 0.377 e. The summed E-state index contributed by atoms with van der Waals surface area (Å²) in [6, 6.07) is 0. The van der Waals surface area contributed by atoms with E-state index in [4.69, 9.17) is 10.9 Å². The third kappa shape index (κ3) is 0.929. The second-order valence-electron chi connectivity index (χ2n) is 1.24. The predicted molar refractivity (Wildman–Crippen MR) is 24.9 cm³/mol. The molecule has 1 aromatic heterocycles. The number of carboxylic acid groups (broad SMARTS) is 1. The van der Waals surface area contributed by atoms with Crippen LogP contribution in [0.15, 0.2) is 0 Å². The van der Waals surface area contributed by atoms with Gasteiger partial charge in [-0.3, -0.25) is 0 Å². The highest BCUT2D eigenvalue weighted by Crippen LogP contribution is 1.80. The van der Waals surface area contributed by atoms with Gasteiger partial charge in [0.1, 0.15) is 0 Å². The molecule has 0 aromatic carbocycles. The predicted octanol–water partition coefficient (Wildman–Crippen LogP) is -1.91. The lowest BCUT2D eigenvalue weighted by Crippen LogP contribution is -2.12. The van der Waals surface area contributed by atoms with E-state index < -0.39 is 11.8 Å². The molecule has 0 amide bonds. The van der Waals surface area contributed by atoms with Crippen molar-refractivity contribution in [2.75, 3.05) is 5.84 Å². The first-order chi connectivity index (χ1) is 4.20. The minimum atomic E-state index is -1.24. The molecule has 7 heteroatoms. The van der Waals surface area contributed by atoms with Gasteiger partial charge in [0.2, 0.25) is 0 Å². The largest absolute Gasteiger partial charge is 0.475 e. The molecular weight excluding hydrogens is 126 g/mol. The summed E-state index contributed by atoms with van der Waals surface area (Å²) in [5, 5.41) is 17.5. The fourth-order valence-electron chi connectivity index (χ4n) is 0.311. The maximum absolute atomic E-state index is 9.98. The normalized spacial score (nSPS) is 9.33. The van der Waals surface area contributed by atoms with Crippen LogP contribution in [-0.4, -0.2) is 31.4 Å². The van der Waals surface area contributed by atoms with Crippen LogP contribution in [0.2, 0.25) is 0 Å². The van der Waals surface area contributed by atoms with Crippen LogP contribution >= 0.6 is 0 Å². The molecule has 1 rings (SSSR count). The monoisotopic (exact) mass is 129 g/mol. The van der Waals surface area contributed by atoms with E-state index in [9.17, 15) is 4.79 Å². The molecule has 3 N–H and O–H groups in total. The Labute approximate surface area is 49.0 Å². The topological polar surface area (TPSA) is 107 Å². The minimum absolute atomic E-state index is 0.405. The molecular formula is C2H3N5O2. The zero-order chi connectivity index (χ0) is 6.85. The number of nitrogen functional groups attached to an aromatic ring is 1. The highest BCUT2D eigenvalue weighted by atomic mass is 16.4. The summed E-state index contributed by atoms with van der Waals surface area (Å²) in [5.74, 6) is 3.24. The second-order valence-corrected chi connectivity index (χ2v) is 1.24. The molecule has 1 aromatic rings. The lowest BCUT2D eigenvalue weighted by Gasteiger charge is -1.77. The van der Waals surface area contributed by atoms with Crippen molar-refractivity contribution in [2.45, 2.75) is 0 Å². The van der Waals surface area contributed by atoms with Gasteiger partial charge in [0.05, 0.1) is 0 Å². The van der Waals surface area contributed by atoms with Gasteiger partial charge in [-0.25, -0.2) is 4.79 Å². The van der Waals surface area contributed by atoms with Crippen LogP contribution in [0.5, 0.6) is 0 Å². The van der Waals surface area contributed by atoms with Crippen LogP contribution in [0.4, 0.5) is 0 Å². The van der Waals surface area contributed by atoms with E-state index in [-0.39, 0.29) is 0 Å². The number of aromatic nitrogens is 4. The number of nitrogens with zero attached hydrogens (tertiary/aromatic N) is 4. The molecule has 0 aliphatic heterocycles. The Morgan fingerprint density at radius 2 is 2.44 bits per heavy atom. The van der Waals surface area contributed by atoms with E-state index in [0.29, 0.717) is 4.91 Å². The number of hydrogen-bond donors (Lipinski definition) is 2. The number of rotatable bonds is 1. The highest BCUT2D eigenvalue weighted by Gasteiger charge is 2.07. The van der Waals surface area contributed by atoms with E-state index in [0.717, 1.165) is 0 Å². The van der Waals surface area contributed by atoms with Crippen molar-refractivity contribution in [1.29, 1.82) is 0 Å². The third-order valence-electron chi connectivity index (χ3n) is 0.620. The fraction of sp³-hybridized carbons (Fsp3) is 0. The molecule has 7 nitrogen and oxygen atoms in total. The van der Waals surface area contributed by atoms with Crippen LogP contribution in [0.3, 0.4) is 0 Å². The quantitative estimate of drug-likeness (QED) is 0.428. The number of tetrazole rings is 1. The zero-order valence-corrected chi connectivity index (χ0v) is 4.22. The molecule has 48 valence electrons. The van der Waals surface area contributed by atoms with Crippen molar-refractivity contribution < 1.29 is 9.90 Å². The maximum atomic E-state index is 9.98. The Hall–Kier alpha value is -1.66. The molecule has 1 heterocycles.